The molecule has 69 heavy (non-hydrogen) atoms. The minimum absolute atomic E-state index is 0.00488. The fraction of sp³-hybridized carbons (Fsp3) is 0.129. The van der Waals surface area contributed by atoms with Crippen molar-refractivity contribution in [3.63, 3.8) is 0 Å². The summed E-state index contributed by atoms with van der Waals surface area (Å²) in [7, 11) is 0. The number of anilines is 9. The van der Waals surface area contributed by atoms with Gasteiger partial charge in [0.2, 0.25) is 0 Å². The molecule has 0 radical (unpaired) electrons. The summed E-state index contributed by atoms with van der Waals surface area (Å²) in [5.41, 5.74) is 24.8. The van der Waals surface area contributed by atoms with E-state index in [0.29, 0.717) is 0 Å². The van der Waals surface area contributed by atoms with Crippen molar-refractivity contribution in [3.8, 4) is 33.8 Å². The molecule has 4 aliphatic rings. The number of aromatic hydroxyl groups is 2. The highest BCUT2D eigenvalue weighted by Crippen LogP contribution is 2.49. The monoisotopic (exact) mass is 891 g/mol. The molecule has 2 N–H and O–H groups in total. The molecule has 4 heterocycles. The molecular weight excluding hydrogens is 840 g/mol. The SMILES string of the molecule is CC(C)(C)c1ccc(N2c3ccccc3B3c4cc(-c5ccc(O)cc5)cc5c4N(c4cccc2c43)c2cc(-c3ccc(O)cc3)cc3c2B5c2ccccc2N3c2ccc(C(C)(C)C)cc2)cc1. The zero-order valence-electron chi connectivity index (χ0n) is 39.8. The lowest BCUT2D eigenvalue weighted by molar-refractivity contribution is 0.475. The Morgan fingerprint density at radius 2 is 0.710 bits per heavy atom. The van der Waals surface area contributed by atoms with Gasteiger partial charge in [-0.2, -0.15) is 0 Å². The molecule has 0 unspecified atom stereocenters. The zero-order valence-corrected chi connectivity index (χ0v) is 39.8. The van der Waals surface area contributed by atoms with E-state index < -0.39 is 0 Å². The predicted molar refractivity (Wildman–Crippen MR) is 291 cm³/mol. The molecular formula is C62H51B2N3O2. The number of benzene rings is 9. The van der Waals surface area contributed by atoms with E-state index in [0.717, 1.165) is 56.4 Å². The maximum absolute atomic E-state index is 10.6. The third-order valence-corrected chi connectivity index (χ3v) is 15.1. The number of para-hydroxylation sites is 2. The maximum Gasteiger partial charge on any atom is 0.252 e. The molecule has 0 fully saturated rings. The first-order valence-electron chi connectivity index (χ1n) is 24.2. The Morgan fingerprint density at radius 3 is 1.17 bits per heavy atom. The summed E-state index contributed by atoms with van der Waals surface area (Å²) in [6.45, 7) is 13.4. The number of phenols is 2. The number of phenolic OH excluding ortho intramolecular Hbond substituents is 2. The molecule has 0 amide bonds. The zero-order chi connectivity index (χ0) is 47.1. The van der Waals surface area contributed by atoms with Crippen LogP contribution in [-0.4, -0.2) is 23.6 Å². The second kappa shape index (κ2) is 14.8. The molecule has 9 aromatic rings. The van der Waals surface area contributed by atoms with Crippen LogP contribution < -0.4 is 47.5 Å². The van der Waals surface area contributed by atoms with Gasteiger partial charge in [-0.1, -0.05) is 145 Å². The third-order valence-electron chi connectivity index (χ3n) is 15.1. The summed E-state index contributed by atoms with van der Waals surface area (Å²) in [6.07, 6.45) is 0. The minimum atomic E-state index is -0.103. The number of fused-ring (bicyclic) bond motifs is 8. The highest BCUT2D eigenvalue weighted by molar-refractivity contribution is 7.04. The standard InChI is InChI=1S/C62H51B2N3O2/c1-61(2,3)42-22-26-44(27-23-42)65-52-14-9-7-12-48(52)63-50-34-40(38-18-30-46(68)31-19-38)35-51-60(50)67(55-17-11-16-54(65)58(55)63)57-37-41(39-20-32-47(69)33-21-39)36-56-59(57)64(51)49-13-8-10-15-53(49)66(56)45-28-24-43(25-29-45)62(4,5)6/h7-37,68-69H,1-6H3. The second-order valence-electron chi connectivity index (χ2n) is 21.3. The molecule has 0 aromatic heterocycles. The molecule has 4 aliphatic heterocycles. The first kappa shape index (κ1) is 41.3. The number of rotatable bonds is 4. The summed E-state index contributed by atoms with van der Waals surface area (Å²) in [6, 6.07) is 68.1. The largest absolute Gasteiger partial charge is 0.508 e. The van der Waals surface area contributed by atoms with E-state index in [4.69, 9.17) is 0 Å². The second-order valence-corrected chi connectivity index (χ2v) is 21.3. The van der Waals surface area contributed by atoms with Crippen LogP contribution >= 0.6 is 0 Å². The van der Waals surface area contributed by atoms with Crippen LogP contribution in [0.5, 0.6) is 11.5 Å². The normalized spacial score (nSPS) is 13.9. The summed E-state index contributed by atoms with van der Waals surface area (Å²) in [4.78, 5) is 7.54. The Bertz CT molecular complexity index is 3540. The van der Waals surface area contributed by atoms with Crippen LogP contribution in [0.15, 0.2) is 188 Å². The van der Waals surface area contributed by atoms with Crippen LogP contribution in [0.1, 0.15) is 52.7 Å². The molecule has 0 saturated heterocycles. The molecule has 9 aromatic carbocycles. The Kier molecular flexibility index (Phi) is 8.86. The molecule has 0 spiro atoms. The number of hydrogen-bond acceptors (Lipinski definition) is 5. The number of nitrogens with zero attached hydrogens (tertiary/aromatic N) is 3. The molecule has 0 saturated carbocycles. The molecule has 5 nitrogen and oxygen atoms in total. The van der Waals surface area contributed by atoms with E-state index in [1.54, 1.807) is 24.3 Å². The van der Waals surface area contributed by atoms with Crippen LogP contribution in [0.25, 0.3) is 22.3 Å². The average molecular weight is 892 g/mol. The van der Waals surface area contributed by atoms with E-state index in [2.05, 4.69) is 196 Å². The van der Waals surface area contributed by atoms with Gasteiger partial charge in [-0.3, -0.25) is 0 Å². The Balaban J connectivity index is 1.14. The van der Waals surface area contributed by atoms with Crippen LogP contribution in [0, 0.1) is 0 Å². The van der Waals surface area contributed by atoms with Crippen molar-refractivity contribution in [2.45, 2.75) is 52.4 Å². The fourth-order valence-corrected chi connectivity index (χ4v) is 11.8. The van der Waals surface area contributed by atoms with Crippen LogP contribution in [0.3, 0.4) is 0 Å². The lowest BCUT2D eigenvalue weighted by Gasteiger charge is -2.50. The van der Waals surface area contributed by atoms with Crippen molar-refractivity contribution >= 4 is 97.4 Å². The van der Waals surface area contributed by atoms with Crippen molar-refractivity contribution < 1.29 is 10.2 Å². The maximum atomic E-state index is 10.6. The van der Waals surface area contributed by atoms with Gasteiger partial charge in [0.25, 0.3) is 13.4 Å². The summed E-state index contributed by atoms with van der Waals surface area (Å²) in [5.74, 6) is 0.492. The summed E-state index contributed by atoms with van der Waals surface area (Å²) < 4.78 is 0. The Hall–Kier alpha value is -7.89. The van der Waals surface area contributed by atoms with E-state index in [1.807, 2.05) is 24.3 Å². The van der Waals surface area contributed by atoms with Gasteiger partial charge in [0, 0.05) is 51.2 Å². The van der Waals surface area contributed by atoms with Crippen molar-refractivity contribution in [2.24, 2.45) is 0 Å². The Labute approximate surface area is 405 Å². The predicted octanol–water partition coefficient (Wildman–Crippen LogP) is 11.7. The molecule has 0 aliphatic carbocycles. The van der Waals surface area contributed by atoms with Gasteiger partial charge in [0.15, 0.2) is 0 Å². The van der Waals surface area contributed by atoms with Gasteiger partial charge < -0.3 is 24.9 Å². The first-order valence-corrected chi connectivity index (χ1v) is 24.2. The number of hydrogen-bond donors (Lipinski definition) is 2. The topological polar surface area (TPSA) is 50.2 Å². The molecule has 0 atom stereocenters. The van der Waals surface area contributed by atoms with Crippen molar-refractivity contribution in [3.05, 3.63) is 199 Å². The highest BCUT2D eigenvalue weighted by Gasteiger charge is 2.50. The van der Waals surface area contributed by atoms with E-state index in [-0.39, 0.29) is 35.8 Å². The van der Waals surface area contributed by atoms with E-state index >= 15 is 0 Å². The quantitative estimate of drug-likeness (QED) is 0.172. The summed E-state index contributed by atoms with van der Waals surface area (Å²) in [5, 5.41) is 21.1. The van der Waals surface area contributed by atoms with Gasteiger partial charge in [0.1, 0.15) is 11.5 Å². The van der Waals surface area contributed by atoms with Crippen LogP contribution in [0.2, 0.25) is 0 Å². The smallest absolute Gasteiger partial charge is 0.252 e. The van der Waals surface area contributed by atoms with Crippen molar-refractivity contribution in [1.82, 2.24) is 0 Å². The van der Waals surface area contributed by atoms with Gasteiger partial charge >= 0.3 is 0 Å². The molecule has 332 valence electrons. The average Bonchev–Trinajstić information content (AvgIpc) is 3.35. The van der Waals surface area contributed by atoms with Gasteiger partial charge in [-0.15, -0.1) is 0 Å². The highest BCUT2D eigenvalue weighted by atomic mass is 16.3. The lowest BCUT2D eigenvalue weighted by Crippen LogP contribution is -2.68. The fourth-order valence-electron chi connectivity index (χ4n) is 11.8. The molecule has 0 bridgehead atoms. The van der Waals surface area contributed by atoms with Gasteiger partial charge in [-0.05, 0) is 162 Å². The first-order chi connectivity index (χ1) is 33.3. The summed E-state index contributed by atoms with van der Waals surface area (Å²) >= 11 is 0. The Morgan fingerprint density at radius 1 is 0.333 bits per heavy atom. The van der Waals surface area contributed by atoms with Gasteiger partial charge in [0.05, 0.1) is 0 Å². The molecule has 7 heteroatoms. The van der Waals surface area contributed by atoms with E-state index in [9.17, 15) is 10.2 Å². The van der Waals surface area contributed by atoms with E-state index in [1.165, 1.54) is 61.0 Å². The third kappa shape index (κ3) is 6.26. The lowest BCUT2D eigenvalue weighted by atomic mass is 9.29. The van der Waals surface area contributed by atoms with Crippen molar-refractivity contribution in [1.29, 1.82) is 0 Å². The van der Waals surface area contributed by atoms with Crippen LogP contribution in [0.4, 0.5) is 51.2 Å². The molecule has 13 rings (SSSR count). The van der Waals surface area contributed by atoms with Gasteiger partial charge in [-0.25, -0.2) is 0 Å². The van der Waals surface area contributed by atoms with Crippen LogP contribution in [-0.2, 0) is 10.8 Å². The van der Waals surface area contributed by atoms with Crippen molar-refractivity contribution in [2.75, 3.05) is 14.7 Å². The minimum Gasteiger partial charge on any atom is -0.508 e.